The predicted molar refractivity (Wildman–Crippen MR) is 143 cm³/mol. The summed E-state index contributed by atoms with van der Waals surface area (Å²) >= 11 is 3.48. The second-order valence-corrected chi connectivity index (χ2v) is 9.76. The smallest absolute Gasteiger partial charge is 0.373 e. The zero-order valence-electron chi connectivity index (χ0n) is 22.9. The van der Waals surface area contributed by atoms with Crippen molar-refractivity contribution in [2.24, 2.45) is 0 Å². The summed E-state index contributed by atoms with van der Waals surface area (Å²) in [5.41, 5.74) is 1.20. The molecule has 1 aromatic heterocycles. The first-order chi connectivity index (χ1) is 19.4. The summed E-state index contributed by atoms with van der Waals surface area (Å²) in [6, 6.07) is 5.29. The van der Waals surface area contributed by atoms with Crippen LogP contribution in [0.3, 0.4) is 0 Å². The molecule has 1 aromatic carbocycles. The lowest BCUT2D eigenvalue weighted by atomic mass is 9.91. The largest absolute Gasteiger partial charge is 0.477 e. The molecular formula is C26H29BrN4O10. The normalized spacial score (nSPS) is 19.5. The zero-order chi connectivity index (χ0) is 30.3. The number of hydrogen-bond acceptors (Lipinski definition) is 12. The van der Waals surface area contributed by atoms with Crippen LogP contribution in [0.2, 0.25) is 0 Å². The fourth-order valence-corrected chi connectivity index (χ4v) is 4.70. The van der Waals surface area contributed by atoms with Gasteiger partial charge < -0.3 is 29.0 Å². The van der Waals surface area contributed by atoms with Crippen molar-refractivity contribution in [2.75, 3.05) is 13.7 Å². The maximum atomic E-state index is 12.7. The minimum absolute atomic E-state index is 0.298. The van der Waals surface area contributed by atoms with Crippen molar-refractivity contribution >= 4 is 45.7 Å². The third-order valence-corrected chi connectivity index (χ3v) is 6.48. The number of esters is 4. The quantitative estimate of drug-likeness (QED) is 0.295. The molecule has 1 aliphatic rings. The summed E-state index contributed by atoms with van der Waals surface area (Å²) in [4.78, 5) is 60.8. The van der Waals surface area contributed by atoms with Gasteiger partial charge in [0, 0.05) is 37.7 Å². The number of nitrogens with zero attached hydrogens (tertiary/aromatic N) is 3. The predicted octanol–water partition coefficient (Wildman–Crippen LogP) is 1.64. The molecule has 0 aliphatic carbocycles. The van der Waals surface area contributed by atoms with E-state index in [1.807, 2.05) is 24.3 Å². The third-order valence-electron chi connectivity index (χ3n) is 5.79. The Balaban J connectivity index is 2.16. The molecule has 1 amide bonds. The fourth-order valence-electron chi connectivity index (χ4n) is 4.21. The Hall–Kier alpha value is -4.27. The maximum absolute atomic E-state index is 12.7. The fraction of sp³-hybridized carbons (Fsp3) is 0.423. The van der Waals surface area contributed by atoms with E-state index in [9.17, 15) is 24.0 Å². The van der Waals surface area contributed by atoms with E-state index in [-0.39, 0.29) is 5.76 Å². The van der Waals surface area contributed by atoms with Crippen LogP contribution in [0, 0.1) is 0 Å². The van der Waals surface area contributed by atoms with Crippen molar-refractivity contribution in [1.29, 1.82) is 0 Å². The Morgan fingerprint density at radius 3 is 2.32 bits per heavy atom. The Morgan fingerprint density at radius 1 is 1.05 bits per heavy atom. The van der Waals surface area contributed by atoms with E-state index in [4.69, 9.17) is 23.7 Å². The number of carbonyl (C=O) groups is 5. The first-order valence-electron chi connectivity index (χ1n) is 12.3. The molecular weight excluding hydrogens is 608 g/mol. The number of methoxy groups -OCH3 is 1. The molecule has 1 aliphatic heterocycles. The highest BCUT2D eigenvalue weighted by Crippen LogP contribution is 2.33. The number of amides is 1. The van der Waals surface area contributed by atoms with Crippen LogP contribution in [0.5, 0.6) is 0 Å². The average molecular weight is 637 g/mol. The van der Waals surface area contributed by atoms with Gasteiger partial charge in [0.25, 0.3) is 0 Å². The Labute approximate surface area is 243 Å². The molecule has 0 bridgehead atoms. The number of nitrogens with one attached hydrogen (secondary N) is 1. The van der Waals surface area contributed by atoms with Crippen LogP contribution in [-0.2, 0) is 47.7 Å². The number of rotatable bonds is 10. The van der Waals surface area contributed by atoms with Crippen molar-refractivity contribution in [3.8, 4) is 11.3 Å². The van der Waals surface area contributed by atoms with Gasteiger partial charge in [-0.2, -0.15) is 0 Å². The molecule has 14 nitrogen and oxygen atoms in total. The molecule has 0 fully saturated rings. The third kappa shape index (κ3) is 8.13. The Kier molecular flexibility index (Phi) is 10.6. The molecule has 15 heteroatoms. The monoisotopic (exact) mass is 636 g/mol. The summed E-state index contributed by atoms with van der Waals surface area (Å²) in [5, 5.41) is 11.2. The van der Waals surface area contributed by atoms with Gasteiger partial charge in [0.15, 0.2) is 18.3 Å². The molecule has 2 heterocycles. The number of benzene rings is 1. The second kappa shape index (κ2) is 13.9. The molecule has 1 unspecified atom stereocenters. The molecule has 2 aromatic rings. The summed E-state index contributed by atoms with van der Waals surface area (Å²) in [6.07, 6.45) is -1.26. The van der Waals surface area contributed by atoms with Crippen LogP contribution >= 0.6 is 15.9 Å². The first kappa shape index (κ1) is 31.3. The van der Waals surface area contributed by atoms with Gasteiger partial charge in [-0.1, -0.05) is 39.3 Å². The lowest BCUT2D eigenvalue weighted by molar-refractivity contribution is -0.188. The molecule has 0 saturated carbocycles. The van der Waals surface area contributed by atoms with Crippen LogP contribution in [0.1, 0.15) is 33.7 Å². The molecule has 3 rings (SSSR count). The minimum Gasteiger partial charge on any atom is -0.477 e. The Morgan fingerprint density at radius 2 is 1.73 bits per heavy atom. The van der Waals surface area contributed by atoms with Gasteiger partial charge >= 0.3 is 23.9 Å². The zero-order valence-corrected chi connectivity index (χ0v) is 24.4. The molecule has 0 radical (unpaired) electrons. The van der Waals surface area contributed by atoms with E-state index in [1.54, 1.807) is 6.20 Å². The Bertz CT molecular complexity index is 1340. The number of aromatic nitrogens is 3. The van der Waals surface area contributed by atoms with Gasteiger partial charge in [-0.05, 0) is 12.1 Å². The van der Waals surface area contributed by atoms with E-state index in [0.717, 1.165) is 37.9 Å². The number of carbonyl (C=O) groups excluding carboxylic acids is 5. The lowest BCUT2D eigenvalue weighted by Gasteiger charge is -2.41. The van der Waals surface area contributed by atoms with E-state index < -0.39 is 66.8 Å². The van der Waals surface area contributed by atoms with Gasteiger partial charge in [0.05, 0.1) is 25.4 Å². The van der Waals surface area contributed by atoms with Gasteiger partial charge in [-0.25, -0.2) is 9.48 Å². The minimum atomic E-state index is -1.48. The van der Waals surface area contributed by atoms with Crippen molar-refractivity contribution in [2.45, 2.75) is 58.1 Å². The van der Waals surface area contributed by atoms with E-state index in [1.165, 1.54) is 17.7 Å². The second-order valence-electron chi connectivity index (χ2n) is 8.91. The summed E-state index contributed by atoms with van der Waals surface area (Å²) < 4.78 is 28.9. The van der Waals surface area contributed by atoms with Gasteiger partial charge in [-0.3, -0.25) is 19.2 Å². The summed E-state index contributed by atoms with van der Waals surface area (Å²) in [5.74, 6) is -3.95. The average Bonchev–Trinajstić information content (AvgIpc) is 3.39. The van der Waals surface area contributed by atoms with Gasteiger partial charge in [0.2, 0.25) is 11.7 Å². The number of ether oxygens (including phenoxy) is 5. The van der Waals surface area contributed by atoms with Crippen molar-refractivity contribution in [1.82, 2.24) is 20.3 Å². The van der Waals surface area contributed by atoms with Crippen LogP contribution in [0.15, 0.2) is 46.8 Å². The van der Waals surface area contributed by atoms with Crippen molar-refractivity contribution < 1.29 is 47.7 Å². The maximum Gasteiger partial charge on any atom is 0.373 e. The van der Waals surface area contributed by atoms with Crippen molar-refractivity contribution in [3.05, 3.63) is 46.8 Å². The van der Waals surface area contributed by atoms with Crippen LogP contribution in [0.4, 0.5) is 0 Å². The first-order valence-corrected chi connectivity index (χ1v) is 13.1. The molecule has 0 saturated heterocycles. The molecule has 220 valence electrons. The van der Waals surface area contributed by atoms with Crippen LogP contribution in [0.25, 0.3) is 11.3 Å². The van der Waals surface area contributed by atoms with Crippen LogP contribution in [-0.4, -0.2) is 82.8 Å². The number of hydrogen-bond donors (Lipinski definition) is 1. The molecule has 1 N–H and O–H groups in total. The van der Waals surface area contributed by atoms with Crippen molar-refractivity contribution in [3.63, 3.8) is 0 Å². The molecule has 5 atom stereocenters. The highest BCUT2D eigenvalue weighted by atomic mass is 79.9. The molecule has 41 heavy (non-hydrogen) atoms. The van der Waals surface area contributed by atoms with E-state index in [2.05, 4.69) is 31.6 Å². The lowest BCUT2D eigenvalue weighted by Crippen LogP contribution is -2.60. The standard InChI is InChI=1S/C26H29BrN4O10/c1-13(32)28-23-20(31-11-19(29-30-31)17-8-6-7-9-18(17)27)10-21(26(36)37-5)41-25(23)24(40-16(4)35)22(39-15(3)34)12-38-14(2)33/h6-11,20,22-25H,12H2,1-5H3,(H,28,32)/t20-,22?,23+,24+,25+/m0/s1. The van der Waals surface area contributed by atoms with Gasteiger partial charge in [-0.15, -0.1) is 5.10 Å². The summed E-state index contributed by atoms with van der Waals surface area (Å²) in [7, 11) is 1.14. The van der Waals surface area contributed by atoms with Crippen LogP contribution < -0.4 is 5.32 Å². The topological polar surface area (TPSA) is 174 Å². The highest BCUT2D eigenvalue weighted by molar-refractivity contribution is 9.10. The van der Waals surface area contributed by atoms with Gasteiger partial charge in [0.1, 0.15) is 12.3 Å². The van der Waals surface area contributed by atoms with E-state index in [0.29, 0.717) is 5.69 Å². The molecule has 0 spiro atoms. The highest BCUT2D eigenvalue weighted by Gasteiger charge is 2.48. The SMILES string of the molecule is COC(=O)C1=C[C@H](n2cc(-c3ccccc3Br)nn2)[C@@H](NC(C)=O)[C@H]([C@H](OC(C)=O)C(COC(C)=O)OC(C)=O)O1. The summed E-state index contributed by atoms with van der Waals surface area (Å²) in [6.45, 7) is 4.10. The number of halogens is 1. The van der Waals surface area contributed by atoms with E-state index >= 15 is 0 Å².